The van der Waals surface area contributed by atoms with Gasteiger partial charge in [-0.2, -0.15) is 0 Å². The number of pyridine rings is 2. The molecule has 0 bridgehead atoms. The van der Waals surface area contributed by atoms with Crippen LogP contribution in [0.3, 0.4) is 0 Å². The molecule has 8 heteroatoms. The smallest absolute Gasteiger partial charge is 0.167 e. The zero-order valence-electron chi connectivity index (χ0n) is 18.4. The second kappa shape index (κ2) is 11.5. The minimum atomic E-state index is -0.506. The van der Waals surface area contributed by atoms with E-state index in [4.69, 9.17) is 15.2 Å². The van der Waals surface area contributed by atoms with Crippen molar-refractivity contribution in [3.63, 3.8) is 0 Å². The van der Waals surface area contributed by atoms with E-state index in [2.05, 4.69) is 15.3 Å². The SMILES string of the molecule is CC.COCCNCc1ccc(-c2cc3nccc(Oc4ccc(N)cc4F)c3s2)nc1. The first-order valence-electron chi connectivity index (χ1n) is 10.4. The lowest BCUT2D eigenvalue weighted by molar-refractivity contribution is 0.199. The first-order chi connectivity index (χ1) is 15.6. The summed E-state index contributed by atoms with van der Waals surface area (Å²) in [6.07, 6.45) is 3.50. The van der Waals surface area contributed by atoms with Gasteiger partial charge in [0.15, 0.2) is 11.6 Å². The number of thiophene rings is 1. The predicted octanol–water partition coefficient (Wildman–Crippen LogP) is 5.63. The van der Waals surface area contributed by atoms with Gasteiger partial charge in [-0.15, -0.1) is 11.3 Å². The van der Waals surface area contributed by atoms with Gasteiger partial charge in [-0.3, -0.25) is 9.97 Å². The predicted molar refractivity (Wildman–Crippen MR) is 129 cm³/mol. The van der Waals surface area contributed by atoms with Gasteiger partial charge < -0.3 is 20.5 Å². The molecular formula is C24H27FN4O2S. The van der Waals surface area contributed by atoms with E-state index in [1.165, 1.54) is 23.5 Å². The molecular weight excluding hydrogens is 427 g/mol. The number of benzene rings is 1. The van der Waals surface area contributed by atoms with Crippen molar-refractivity contribution in [2.75, 3.05) is 26.0 Å². The van der Waals surface area contributed by atoms with Crippen LogP contribution in [-0.2, 0) is 11.3 Å². The van der Waals surface area contributed by atoms with Crippen molar-refractivity contribution in [3.8, 4) is 22.1 Å². The third-order valence-corrected chi connectivity index (χ3v) is 5.60. The summed E-state index contributed by atoms with van der Waals surface area (Å²) in [6, 6.07) is 12.1. The molecule has 32 heavy (non-hydrogen) atoms. The highest BCUT2D eigenvalue weighted by molar-refractivity contribution is 7.22. The molecule has 0 aliphatic carbocycles. The van der Waals surface area contributed by atoms with Gasteiger partial charge in [0.2, 0.25) is 0 Å². The number of methoxy groups -OCH3 is 1. The van der Waals surface area contributed by atoms with Crippen molar-refractivity contribution in [3.05, 3.63) is 66.2 Å². The molecule has 0 amide bonds. The maximum absolute atomic E-state index is 14.1. The van der Waals surface area contributed by atoms with Crippen LogP contribution in [0.25, 0.3) is 20.8 Å². The van der Waals surface area contributed by atoms with Gasteiger partial charge in [-0.25, -0.2) is 4.39 Å². The first kappa shape index (κ1) is 23.6. The van der Waals surface area contributed by atoms with Crippen LogP contribution in [0.2, 0.25) is 0 Å². The maximum Gasteiger partial charge on any atom is 0.167 e. The Hall–Kier alpha value is -3.07. The van der Waals surface area contributed by atoms with Crippen molar-refractivity contribution in [2.24, 2.45) is 0 Å². The lowest BCUT2D eigenvalue weighted by Gasteiger charge is -2.07. The second-order valence-corrected chi connectivity index (χ2v) is 7.70. The van der Waals surface area contributed by atoms with Gasteiger partial charge in [-0.05, 0) is 29.8 Å². The lowest BCUT2D eigenvalue weighted by Crippen LogP contribution is -2.18. The average molecular weight is 455 g/mol. The Morgan fingerprint density at radius 3 is 2.62 bits per heavy atom. The number of aromatic nitrogens is 2. The molecule has 0 saturated heterocycles. The van der Waals surface area contributed by atoms with Gasteiger partial charge in [0.05, 0.1) is 27.4 Å². The van der Waals surface area contributed by atoms with E-state index in [0.717, 1.165) is 39.4 Å². The summed E-state index contributed by atoms with van der Waals surface area (Å²) >= 11 is 1.51. The number of ether oxygens (including phenoxy) is 2. The number of hydrogen-bond donors (Lipinski definition) is 2. The molecule has 0 aliphatic heterocycles. The molecule has 0 atom stereocenters. The van der Waals surface area contributed by atoms with Crippen molar-refractivity contribution < 1.29 is 13.9 Å². The van der Waals surface area contributed by atoms with E-state index < -0.39 is 5.82 Å². The molecule has 0 fully saturated rings. The van der Waals surface area contributed by atoms with Gasteiger partial charge in [-0.1, -0.05) is 19.9 Å². The molecule has 0 aliphatic rings. The summed E-state index contributed by atoms with van der Waals surface area (Å²) in [5.74, 6) is 0.155. The maximum atomic E-state index is 14.1. The molecule has 3 N–H and O–H groups in total. The zero-order chi connectivity index (χ0) is 22.9. The Morgan fingerprint density at radius 2 is 1.91 bits per heavy atom. The monoisotopic (exact) mass is 454 g/mol. The van der Waals surface area contributed by atoms with E-state index in [-0.39, 0.29) is 5.75 Å². The number of halogens is 1. The van der Waals surface area contributed by atoms with Gasteiger partial charge in [0, 0.05) is 50.4 Å². The van der Waals surface area contributed by atoms with Crippen LogP contribution in [0.4, 0.5) is 10.1 Å². The Labute approximate surface area is 191 Å². The van der Waals surface area contributed by atoms with Crippen molar-refractivity contribution in [1.29, 1.82) is 0 Å². The minimum absolute atomic E-state index is 0.120. The highest BCUT2D eigenvalue weighted by Gasteiger charge is 2.13. The molecule has 1 aromatic carbocycles. The number of nitrogens with one attached hydrogen (secondary N) is 1. The Bertz CT molecular complexity index is 1150. The molecule has 0 radical (unpaired) electrons. The number of hydrogen-bond acceptors (Lipinski definition) is 7. The molecule has 0 spiro atoms. The molecule has 4 aromatic rings. The lowest BCUT2D eigenvalue weighted by atomic mass is 10.2. The molecule has 3 aromatic heterocycles. The van der Waals surface area contributed by atoms with E-state index in [1.54, 1.807) is 25.4 Å². The molecule has 168 valence electrons. The van der Waals surface area contributed by atoms with Crippen LogP contribution in [0.15, 0.2) is 54.9 Å². The van der Waals surface area contributed by atoms with Crippen LogP contribution in [0.1, 0.15) is 19.4 Å². The van der Waals surface area contributed by atoms with E-state index in [0.29, 0.717) is 18.0 Å². The molecule has 0 saturated carbocycles. The standard InChI is InChI=1S/C22H21FN4O2S.C2H6/c1-28-9-8-25-12-14-2-4-17(27-13-14)21-11-18-22(30-21)20(6-7-26-18)29-19-5-3-15(24)10-16(19)23;1-2/h2-7,10-11,13,25H,8-9,12,24H2,1H3;1-2H3. The normalized spacial score (nSPS) is 10.6. The summed E-state index contributed by atoms with van der Waals surface area (Å²) < 4.78 is 25.8. The van der Waals surface area contributed by atoms with E-state index in [9.17, 15) is 4.39 Å². The molecule has 6 nitrogen and oxygen atoms in total. The van der Waals surface area contributed by atoms with Gasteiger partial charge >= 0.3 is 0 Å². The molecule has 3 heterocycles. The summed E-state index contributed by atoms with van der Waals surface area (Å²) in [6.45, 7) is 6.19. The number of anilines is 1. The highest BCUT2D eigenvalue weighted by Crippen LogP contribution is 2.39. The van der Waals surface area contributed by atoms with Crippen LogP contribution in [0, 0.1) is 5.82 Å². The van der Waals surface area contributed by atoms with Crippen LogP contribution in [-0.4, -0.2) is 30.2 Å². The largest absolute Gasteiger partial charge is 0.453 e. The second-order valence-electron chi connectivity index (χ2n) is 6.65. The summed E-state index contributed by atoms with van der Waals surface area (Å²) in [4.78, 5) is 9.95. The minimum Gasteiger partial charge on any atom is -0.453 e. The third-order valence-electron chi connectivity index (χ3n) is 4.44. The Balaban J connectivity index is 0.00000141. The third kappa shape index (κ3) is 5.79. The molecule has 4 rings (SSSR count). The molecule has 0 unspecified atom stereocenters. The summed E-state index contributed by atoms with van der Waals surface area (Å²) in [7, 11) is 1.68. The first-order valence-corrected chi connectivity index (χ1v) is 11.2. The number of nitrogens with two attached hydrogens (primary N) is 1. The van der Waals surface area contributed by atoms with Crippen molar-refractivity contribution in [2.45, 2.75) is 20.4 Å². The summed E-state index contributed by atoms with van der Waals surface area (Å²) in [5.41, 5.74) is 8.68. The van der Waals surface area contributed by atoms with Crippen LogP contribution < -0.4 is 15.8 Å². The van der Waals surface area contributed by atoms with Crippen molar-refractivity contribution >= 4 is 27.2 Å². The number of rotatable bonds is 8. The topological polar surface area (TPSA) is 82.3 Å². The number of nitrogens with zero attached hydrogens (tertiary/aromatic N) is 2. The number of fused-ring (bicyclic) bond motifs is 1. The van der Waals surface area contributed by atoms with Crippen LogP contribution in [0.5, 0.6) is 11.5 Å². The fraction of sp³-hybridized carbons (Fsp3) is 0.250. The van der Waals surface area contributed by atoms with Gasteiger partial charge in [0.1, 0.15) is 5.75 Å². The highest BCUT2D eigenvalue weighted by atomic mass is 32.1. The zero-order valence-corrected chi connectivity index (χ0v) is 19.2. The number of nitrogen functional groups attached to an aromatic ring is 1. The van der Waals surface area contributed by atoms with Crippen LogP contribution >= 0.6 is 11.3 Å². The quantitative estimate of drug-likeness (QED) is 0.265. The van der Waals surface area contributed by atoms with Gasteiger partial charge in [0.25, 0.3) is 0 Å². The fourth-order valence-electron chi connectivity index (χ4n) is 2.92. The Morgan fingerprint density at radius 1 is 1.06 bits per heavy atom. The Kier molecular flexibility index (Phi) is 8.49. The van der Waals surface area contributed by atoms with E-state index >= 15 is 0 Å². The average Bonchev–Trinajstić information content (AvgIpc) is 3.26. The van der Waals surface area contributed by atoms with E-state index in [1.807, 2.05) is 38.2 Å². The van der Waals surface area contributed by atoms with Crippen molar-refractivity contribution in [1.82, 2.24) is 15.3 Å². The summed E-state index contributed by atoms with van der Waals surface area (Å²) in [5, 5.41) is 3.29. The fourth-order valence-corrected chi connectivity index (χ4v) is 3.96.